The standard InChI is InChI=1S/C14H11BrClFO/c1-9-7-10(17)5-6-13(9)18-14-4-2-3-12(16)11(14)8-15/h2-7H,8H2,1H3. The molecule has 0 spiro atoms. The Morgan fingerprint density at radius 1 is 1.22 bits per heavy atom. The van der Waals surface area contributed by atoms with Crippen LogP contribution in [0.4, 0.5) is 4.39 Å². The lowest BCUT2D eigenvalue weighted by Crippen LogP contribution is -1.92. The second-order valence-electron chi connectivity index (χ2n) is 3.86. The van der Waals surface area contributed by atoms with E-state index in [0.717, 1.165) is 11.1 Å². The van der Waals surface area contributed by atoms with Gasteiger partial charge in [-0.05, 0) is 42.8 Å². The van der Waals surface area contributed by atoms with Gasteiger partial charge in [0, 0.05) is 15.9 Å². The van der Waals surface area contributed by atoms with Gasteiger partial charge in [-0.2, -0.15) is 0 Å². The van der Waals surface area contributed by atoms with Gasteiger partial charge in [0.25, 0.3) is 0 Å². The highest BCUT2D eigenvalue weighted by atomic mass is 79.9. The largest absolute Gasteiger partial charge is 0.457 e. The minimum atomic E-state index is -0.272. The Hall–Kier alpha value is -1.06. The summed E-state index contributed by atoms with van der Waals surface area (Å²) in [4.78, 5) is 0. The van der Waals surface area contributed by atoms with Crippen molar-refractivity contribution in [3.05, 3.63) is 58.4 Å². The molecule has 0 saturated heterocycles. The van der Waals surface area contributed by atoms with Crippen molar-refractivity contribution in [3.63, 3.8) is 0 Å². The van der Waals surface area contributed by atoms with Gasteiger partial charge in [-0.15, -0.1) is 0 Å². The Labute approximate surface area is 119 Å². The van der Waals surface area contributed by atoms with Gasteiger partial charge in [0.1, 0.15) is 17.3 Å². The van der Waals surface area contributed by atoms with E-state index in [0.29, 0.717) is 21.9 Å². The summed E-state index contributed by atoms with van der Waals surface area (Å²) in [6.45, 7) is 1.80. The van der Waals surface area contributed by atoms with Crippen LogP contribution in [0.5, 0.6) is 11.5 Å². The number of benzene rings is 2. The van der Waals surface area contributed by atoms with E-state index in [-0.39, 0.29) is 5.82 Å². The first-order valence-corrected chi connectivity index (χ1v) is 6.89. The van der Waals surface area contributed by atoms with Crippen molar-refractivity contribution in [2.45, 2.75) is 12.3 Å². The lowest BCUT2D eigenvalue weighted by Gasteiger charge is -2.12. The van der Waals surface area contributed by atoms with Gasteiger partial charge in [0.2, 0.25) is 0 Å². The monoisotopic (exact) mass is 328 g/mol. The summed E-state index contributed by atoms with van der Waals surface area (Å²) in [5, 5.41) is 1.24. The van der Waals surface area contributed by atoms with Gasteiger partial charge < -0.3 is 4.74 Å². The SMILES string of the molecule is Cc1cc(F)ccc1Oc1cccc(Cl)c1CBr. The Kier molecular flexibility index (Phi) is 4.25. The number of rotatable bonds is 3. The molecule has 0 aliphatic carbocycles. The molecule has 0 amide bonds. The van der Waals surface area contributed by atoms with Crippen LogP contribution in [0.1, 0.15) is 11.1 Å². The fourth-order valence-corrected chi connectivity index (χ4v) is 2.58. The minimum absolute atomic E-state index is 0.272. The average Bonchev–Trinajstić information content (AvgIpc) is 2.33. The van der Waals surface area contributed by atoms with E-state index in [9.17, 15) is 4.39 Å². The molecule has 0 aromatic heterocycles. The molecule has 18 heavy (non-hydrogen) atoms. The molecule has 2 aromatic rings. The van der Waals surface area contributed by atoms with Crippen molar-refractivity contribution in [1.82, 2.24) is 0 Å². The fraction of sp³-hybridized carbons (Fsp3) is 0.143. The number of ether oxygens (including phenoxy) is 1. The van der Waals surface area contributed by atoms with Gasteiger partial charge in [0.15, 0.2) is 0 Å². The number of halogens is 3. The molecule has 0 saturated carbocycles. The van der Waals surface area contributed by atoms with E-state index >= 15 is 0 Å². The maximum Gasteiger partial charge on any atom is 0.132 e. The van der Waals surface area contributed by atoms with E-state index in [1.165, 1.54) is 12.1 Å². The molecule has 0 atom stereocenters. The molecular weight excluding hydrogens is 319 g/mol. The zero-order valence-electron chi connectivity index (χ0n) is 9.71. The molecule has 0 bridgehead atoms. The molecule has 94 valence electrons. The maximum absolute atomic E-state index is 13.0. The third-order valence-corrected chi connectivity index (χ3v) is 3.48. The van der Waals surface area contributed by atoms with Gasteiger partial charge in [-0.3, -0.25) is 0 Å². The average molecular weight is 330 g/mol. The van der Waals surface area contributed by atoms with E-state index < -0.39 is 0 Å². The van der Waals surface area contributed by atoms with Crippen molar-refractivity contribution < 1.29 is 9.13 Å². The van der Waals surface area contributed by atoms with Crippen LogP contribution in [-0.2, 0) is 5.33 Å². The Bertz CT molecular complexity index is 572. The summed E-state index contributed by atoms with van der Waals surface area (Å²) in [6.07, 6.45) is 0. The zero-order valence-corrected chi connectivity index (χ0v) is 12.1. The van der Waals surface area contributed by atoms with E-state index in [4.69, 9.17) is 16.3 Å². The van der Waals surface area contributed by atoms with Crippen LogP contribution in [0.2, 0.25) is 5.02 Å². The smallest absolute Gasteiger partial charge is 0.132 e. The minimum Gasteiger partial charge on any atom is -0.457 e. The first kappa shape index (κ1) is 13.4. The van der Waals surface area contributed by atoms with Crippen molar-refractivity contribution in [2.75, 3.05) is 0 Å². The highest BCUT2D eigenvalue weighted by molar-refractivity contribution is 9.08. The van der Waals surface area contributed by atoms with Gasteiger partial charge in [-0.1, -0.05) is 33.6 Å². The molecule has 0 fully saturated rings. The highest BCUT2D eigenvalue weighted by Gasteiger charge is 2.09. The summed E-state index contributed by atoms with van der Waals surface area (Å²) in [7, 11) is 0. The normalized spacial score (nSPS) is 10.4. The summed E-state index contributed by atoms with van der Waals surface area (Å²) < 4.78 is 18.8. The van der Waals surface area contributed by atoms with Gasteiger partial charge in [0.05, 0.1) is 0 Å². The van der Waals surface area contributed by atoms with Crippen LogP contribution in [0.25, 0.3) is 0 Å². The summed E-state index contributed by atoms with van der Waals surface area (Å²) >= 11 is 9.47. The molecule has 2 aromatic carbocycles. The van der Waals surface area contributed by atoms with Crippen LogP contribution in [-0.4, -0.2) is 0 Å². The molecule has 0 radical (unpaired) electrons. The van der Waals surface area contributed by atoms with Crippen molar-refractivity contribution in [3.8, 4) is 11.5 Å². The van der Waals surface area contributed by atoms with Gasteiger partial charge >= 0.3 is 0 Å². The third-order valence-electron chi connectivity index (χ3n) is 2.57. The van der Waals surface area contributed by atoms with Crippen LogP contribution in [0, 0.1) is 12.7 Å². The fourth-order valence-electron chi connectivity index (χ4n) is 1.61. The second-order valence-corrected chi connectivity index (χ2v) is 4.83. The maximum atomic E-state index is 13.0. The Balaban J connectivity index is 2.37. The first-order valence-electron chi connectivity index (χ1n) is 5.39. The molecule has 0 N–H and O–H groups in total. The highest BCUT2D eigenvalue weighted by Crippen LogP contribution is 2.33. The molecule has 4 heteroatoms. The van der Waals surface area contributed by atoms with E-state index in [2.05, 4.69) is 15.9 Å². The number of hydrogen-bond acceptors (Lipinski definition) is 1. The summed E-state index contributed by atoms with van der Waals surface area (Å²) in [5.74, 6) is 1.03. The first-order chi connectivity index (χ1) is 8.61. The number of alkyl halides is 1. The van der Waals surface area contributed by atoms with Crippen LogP contribution >= 0.6 is 27.5 Å². The molecule has 1 nitrogen and oxygen atoms in total. The van der Waals surface area contributed by atoms with Crippen molar-refractivity contribution in [1.29, 1.82) is 0 Å². The van der Waals surface area contributed by atoms with E-state index in [1.54, 1.807) is 13.0 Å². The topological polar surface area (TPSA) is 9.23 Å². The second kappa shape index (κ2) is 5.72. The van der Waals surface area contributed by atoms with Crippen LogP contribution in [0.3, 0.4) is 0 Å². The number of hydrogen-bond donors (Lipinski definition) is 0. The predicted molar refractivity (Wildman–Crippen MR) is 75.3 cm³/mol. The Morgan fingerprint density at radius 3 is 2.67 bits per heavy atom. The lowest BCUT2D eigenvalue weighted by molar-refractivity contribution is 0.472. The Morgan fingerprint density at radius 2 is 2.00 bits per heavy atom. The molecule has 0 aliphatic heterocycles. The van der Waals surface area contributed by atoms with E-state index in [1.807, 2.05) is 18.2 Å². The molecule has 0 aliphatic rings. The van der Waals surface area contributed by atoms with Crippen LogP contribution in [0.15, 0.2) is 36.4 Å². The van der Waals surface area contributed by atoms with Crippen LogP contribution < -0.4 is 4.74 Å². The number of aryl methyl sites for hydroxylation is 1. The molecular formula is C14H11BrClFO. The van der Waals surface area contributed by atoms with Crippen molar-refractivity contribution >= 4 is 27.5 Å². The summed E-state index contributed by atoms with van der Waals surface area (Å²) in [6, 6.07) is 9.90. The molecule has 0 unspecified atom stereocenters. The quantitative estimate of drug-likeness (QED) is 0.678. The summed E-state index contributed by atoms with van der Waals surface area (Å²) in [5.41, 5.74) is 1.62. The van der Waals surface area contributed by atoms with Gasteiger partial charge in [-0.25, -0.2) is 4.39 Å². The zero-order chi connectivity index (χ0) is 13.1. The predicted octanol–water partition coefficient (Wildman–Crippen LogP) is 5.47. The molecule has 2 rings (SSSR count). The third kappa shape index (κ3) is 2.85. The van der Waals surface area contributed by atoms with Crippen molar-refractivity contribution in [2.24, 2.45) is 0 Å². The molecule has 0 heterocycles. The lowest BCUT2D eigenvalue weighted by atomic mass is 10.2.